The second-order valence-electron chi connectivity index (χ2n) is 4.84. The van der Waals surface area contributed by atoms with Crippen LogP contribution in [0.3, 0.4) is 0 Å². The molecule has 0 saturated carbocycles. The molecular formula is C17H16N2O. The minimum atomic E-state index is 0.287. The van der Waals surface area contributed by atoms with Crippen molar-refractivity contribution in [1.29, 1.82) is 0 Å². The van der Waals surface area contributed by atoms with Crippen LogP contribution in [0, 0.1) is 0 Å². The quantitative estimate of drug-likeness (QED) is 0.903. The zero-order valence-corrected chi connectivity index (χ0v) is 11.2. The van der Waals surface area contributed by atoms with Crippen molar-refractivity contribution in [3.63, 3.8) is 0 Å². The van der Waals surface area contributed by atoms with E-state index in [0.717, 1.165) is 36.2 Å². The molecule has 0 unspecified atom stereocenters. The van der Waals surface area contributed by atoms with E-state index >= 15 is 0 Å². The first kappa shape index (κ1) is 12.6. The third kappa shape index (κ3) is 2.77. The molecule has 3 nitrogen and oxygen atoms in total. The Bertz CT molecular complexity index is 660. The molecule has 1 aliphatic heterocycles. The molecule has 0 fully saturated rings. The fraction of sp³-hybridized carbons (Fsp3) is 0.176. The van der Waals surface area contributed by atoms with Crippen LogP contribution in [-0.4, -0.2) is 22.3 Å². The van der Waals surface area contributed by atoms with E-state index in [4.69, 9.17) is 0 Å². The number of hydrogen-bond donors (Lipinski definition) is 1. The highest BCUT2D eigenvalue weighted by Crippen LogP contribution is 2.23. The molecule has 1 aromatic carbocycles. The summed E-state index contributed by atoms with van der Waals surface area (Å²) in [5, 5.41) is 9.56. The maximum absolute atomic E-state index is 9.56. The first-order valence-electron chi connectivity index (χ1n) is 6.78. The number of phenols is 1. The molecule has 1 aliphatic rings. The summed E-state index contributed by atoms with van der Waals surface area (Å²) < 4.78 is 0. The molecule has 2 aromatic rings. The van der Waals surface area contributed by atoms with Gasteiger partial charge in [0.15, 0.2) is 0 Å². The van der Waals surface area contributed by atoms with Gasteiger partial charge in [-0.2, -0.15) is 0 Å². The second kappa shape index (κ2) is 5.70. The molecule has 1 aromatic heterocycles. The lowest BCUT2D eigenvalue weighted by Crippen LogP contribution is -2.11. The van der Waals surface area contributed by atoms with E-state index < -0.39 is 0 Å². The molecule has 100 valence electrons. The van der Waals surface area contributed by atoms with Crippen LogP contribution < -0.4 is 0 Å². The topological polar surface area (TPSA) is 45.5 Å². The minimum Gasteiger partial charge on any atom is -0.508 e. The van der Waals surface area contributed by atoms with Crippen LogP contribution in [0.2, 0.25) is 0 Å². The van der Waals surface area contributed by atoms with E-state index in [2.05, 4.69) is 16.1 Å². The Hall–Kier alpha value is -2.42. The van der Waals surface area contributed by atoms with Gasteiger partial charge in [-0.15, -0.1) is 0 Å². The number of hydrogen-bond acceptors (Lipinski definition) is 3. The highest BCUT2D eigenvalue weighted by Gasteiger charge is 2.14. The lowest BCUT2D eigenvalue weighted by molar-refractivity contribution is 0.475. The van der Waals surface area contributed by atoms with Crippen LogP contribution in [0.4, 0.5) is 0 Å². The predicted molar refractivity (Wildman–Crippen MR) is 81.0 cm³/mol. The normalized spacial score (nSPS) is 17.0. The SMILES string of the molecule is Oc1cccc(/C=C2\CCCN=C2c2cccnc2)c1. The summed E-state index contributed by atoms with van der Waals surface area (Å²) in [7, 11) is 0. The summed E-state index contributed by atoms with van der Waals surface area (Å²) >= 11 is 0. The second-order valence-corrected chi connectivity index (χ2v) is 4.84. The summed E-state index contributed by atoms with van der Waals surface area (Å²) in [6.07, 6.45) is 7.79. The summed E-state index contributed by atoms with van der Waals surface area (Å²) in [4.78, 5) is 8.81. The molecular weight excluding hydrogens is 248 g/mol. The number of benzene rings is 1. The Morgan fingerprint density at radius 1 is 1.15 bits per heavy atom. The monoisotopic (exact) mass is 264 g/mol. The fourth-order valence-electron chi connectivity index (χ4n) is 2.42. The van der Waals surface area contributed by atoms with Crippen molar-refractivity contribution in [2.75, 3.05) is 6.54 Å². The number of aromatic nitrogens is 1. The Balaban J connectivity index is 1.99. The van der Waals surface area contributed by atoms with E-state index in [9.17, 15) is 5.11 Å². The highest BCUT2D eigenvalue weighted by molar-refractivity contribution is 6.15. The minimum absolute atomic E-state index is 0.287. The molecule has 0 atom stereocenters. The largest absolute Gasteiger partial charge is 0.508 e. The molecule has 3 rings (SSSR count). The number of pyridine rings is 1. The number of rotatable bonds is 2. The van der Waals surface area contributed by atoms with Crippen molar-refractivity contribution in [3.05, 3.63) is 65.5 Å². The van der Waals surface area contributed by atoms with Gasteiger partial charge in [-0.1, -0.05) is 12.1 Å². The lowest BCUT2D eigenvalue weighted by Gasteiger charge is -2.16. The van der Waals surface area contributed by atoms with Crippen molar-refractivity contribution in [1.82, 2.24) is 4.98 Å². The van der Waals surface area contributed by atoms with Gasteiger partial charge >= 0.3 is 0 Å². The van der Waals surface area contributed by atoms with Gasteiger partial charge in [0.2, 0.25) is 0 Å². The van der Waals surface area contributed by atoms with Gasteiger partial charge in [0.25, 0.3) is 0 Å². The maximum Gasteiger partial charge on any atom is 0.116 e. The number of aromatic hydroxyl groups is 1. The highest BCUT2D eigenvalue weighted by atomic mass is 16.3. The van der Waals surface area contributed by atoms with Crippen LogP contribution in [0.15, 0.2) is 59.4 Å². The van der Waals surface area contributed by atoms with Gasteiger partial charge in [-0.25, -0.2) is 0 Å². The number of phenolic OH excluding ortho intramolecular Hbond substituents is 1. The molecule has 0 spiro atoms. The van der Waals surface area contributed by atoms with Gasteiger partial charge in [0.05, 0.1) is 5.71 Å². The summed E-state index contributed by atoms with van der Waals surface area (Å²) in [6.45, 7) is 0.863. The lowest BCUT2D eigenvalue weighted by atomic mass is 9.95. The van der Waals surface area contributed by atoms with E-state index in [1.807, 2.05) is 30.5 Å². The summed E-state index contributed by atoms with van der Waals surface area (Å²) in [5.74, 6) is 0.287. The van der Waals surface area contributed by atoms with Crippen LogP contribution >= 0.6 is 0 Å². The van der Waals surface area contributed by atoms with Crippen LogP contribution in [0.5, 0.6) is 5.75 Å². The molecule has 2 heterocycles. The molecule has 0 saturated heterocycles. The molecule has 0 bridgehead atoms. The Morgan fingerprint density at radius 2 is 2.10 bits per heavy atom. The van der Waals surface area contributed by atoms with E-state index in [-0.39, 0.29) is 5.75 Å². The average Bonchev–Trinajstić information content (AvgIpc) is 2.49. The molecule has 0 radical (unpaired) electrons. The predicted octanol–water partition coefficient (Wildman–Crippen LogP) is 3.45. The summed E-state index contributed by atoms with van der Waals surface area (Å²) in [6, 6.07) is 11.3. The first-order valence-corrected chi connectivity index (χ1v) is 6.78. The third-order valence-electron chi connectivity index (χ3n) is 3.32. The molecule has 0 aliphatic carbocycles. The molecule has 0 amide bonds. The molecule has 3 heteroatoms. The standard InChI is InChI=1S/C17H16N2O/c20-16-7-1-4-13(11-16)10-14-5-3-9-19-17(14)15-6-2-8-18-12-15/h1-2,4,6-8,10-12,20H,3,5,9H2/b14-10+. The Labute approximate surface area is 118 Å². The number of aliphatic imine (C=N–C) groups is 1. The van der Waals surface area contributed by atoms with Crippen LogP contribution in [0.25, 0.3) is 6.08 Å². The Kier molecular flexibility index (Phi) is 3.59. The number of allylic oxidation sites excluding steroid dienone is 1. The van der Waals surface area contributed by atoms with Gasteiger partial charge in [-0.05, 0) is 54.3 Å². The third-order valence-corrected chi connectivity index (χ3v) is 3.32. The summed E-state index contributed by atoms with van der Waals surface area (Å²) in [5.41, 5.74) is 4.28. The molecule has 1 N–H and O–H groups in total. The van der Waals surface area contributed by atoms with Crippen LogP contribution in [-0.2, 0) is 0 Å². The van der Waals surface area contributed by atoms with Crippen LogP contribution in [0.1, 0.15) is 24.0 Å². The maximum atomic E-state index is 9.56. The van der Waals surface area contributed by atoms with Crippen molar-refractivity contribution in [2.24, 2.45) is 4.99 Å². The molecule has 20 heavy (non-hydrogen) atoms. The first-order chi connectivity index (χ1) is 9.83. The van der Waals surface area contributed by atoms with Crippen molar-refractivity contribution < 1.29 is 5.11 Å². The van der Waals surface area contributed by atoms with Crippen molar-refractivity contribution in [3.8, 4) is 5.75 Å². The zero-order valence-electron chi connectivity index (χ0n) is 11.2. The number of nitrogens with zero attached hydrogens (tertiary/aromatic N) is 2. The Morgan fingerprint density at radius 3 is 2.90 bits per heavy atom. The average molecular weight is 264 g/mol. The van der Waals surface area contributed by atoms with Crippen molar-refractivity contribution in [2.45, 2.75) is 12.8 Å². The zero-order chi connectivity index (χ0) is 13.8. The van der Waals surface area contributed by atoms with Crippen molar-refractivity contribution >= 4 is 11.8 Å². The van der Waals surface area contributed by atoms with E-state index in [1.54, 1.807) is 18.3 Å². The van der Waals surface area contributed by atoms with Gasteiger partial charge in [0, 0.05) is 24.5 Å². The van der Waals surface area contributed by atoms with Gasteiger partial charge in [-0.3, -0.25) is 9.98 Å². The van der Waals surface area contributed by atoms with Gasteiger partial charge in [0.1, 0.15) is 5.75 Å². The van der Waals surface area contributed by atoms with E-state index in [0.29, 0.717) is 0 Å². The fourth-order valence-corrected chi connectivity index (χ4v) is 2.42. The smallest absolute Gasteiger partial charge is 0.116 e. The van der Waals surface area contributed by atoms with Gasteiger partial charge < -0.3 is 5.11 Å². The van der Waals surface area contributed by atoms with E-state index in [1.165, 1.54) is 5.57 Å².